The van der Waals surface area contributed by atoms with E-state index in [0.717, 1.165) is 6.42 Å². The third-order valence-corrected chi connectivity index (χ3v) is 3.81. The van der Waals surface area contributed by atoms with Gasteiger partial charge in [-0.1, -0.05) is 20.3 Å². The van der Waals surface area contributed by atoms with Crippen molar-refractivity contribution >= 4 is 17.7 Å². The van der Waals surface area contributed by atoms with E-state index in [1.165, 1.54) is 0 Å². The molecule has 25 heavy (non-hydrogen) atoms. The Morgan fingerprint density at radius 2 is 1.92 bits per heavy atom. The van der Waals surface area contributed by atoms with Crippen LogP contribution in [0.2, 0.25) is 0 Å². The van der Waals surface area contributed by atoms with E-state index in [1.54, 1.807) is 39.0 Å². The molecule has 7 heteroatoms. The molecule has 0 aromatic heterocycles. The van der Waals surface area contributed by atoms with Crippen LogP contribution in [0.3, 0.4) is 0 Å². The van der Waals surface area contributed by atoms with Crippen LogP contribution in [0, 0.1) is 5.92 Å². The Hall–Kier alpha value is -2.44. The number of benzene rings is 1. The van der Waals surface area contributed by atoms with Crippen LogP contribution >= 0.6 is 0 Å². The molecule has 138 valence electrons. The van der Waals surface area contributed by atoms with Crippen molar-refractivity contribution in [3.05, 3.63) is 18.2 Å². The van der Waals surface area contributed by atoms with Gasteiger partial charge in [0.1, 0.15) is 11.6 Å². The normalized spacial score (nSPS) is 15.2. The summed E-state index contributed by atoms with van der Waals surface area (Å²) in [5.41, 5.74) is -0.0497. The number of rotatable bonds is 5. The first-order valence-electron chi connectivity index (χ1n) is 8.39. The van der Waals surface area contributed by atoms with Crippen LogP contribution in [0.1, 0.15) is 41.0 Å². The Labute approximate surface area is 148 Å². The largest absolute Gasteiger partial charge is 0.454 e. The number of alkyl carbamates (subject to hydrolysis) is 1. The molecule has 0 saturated carbocycles. The summed E-state index contributed by atoms with van der Waals surface area (Å²) >= 11 is 0. The van der Waals surface area contributed by atoms with Gasteiger partial charge in [0.25, 0.3) is 0 Å². The van der Waals surface area contributed by atoms with Crippen molar-refractivity contribution in [1.82, 2.24) is 5.32 Å². The van der Waals surface area contributed by atoms with Gasteiger partial charge in [0.15, 0.2) is 11.5 Å². The first-order valence-corrected chi connectivity index (χ1v) is 8.39. The van der Waals surface area contributed by atoms with Gasteiger partial charge in [-0.05, 0) is 38.8 Å². The average Bonchev–Trinajstić information content (AvgIpc) is 2.97. The minimum Gasteiger partial charge on any atom is -0.454 e. The van der Waals surface area contributed by atoms with E-state index >= 15 is 0 Å². The van der Waals surface area contributed by atoms with E-state index < -0.39 is 17.7 Å². The lowest BCUT2D eigenvalue weighted by atomic mass is 9.98. The van der Waals surface area contributed by atoms with Gasteiger partial charge in [-0.3, -0.25) is 4.79 Å². The van der Waals surface area contributed by atoms with E-state index in [2.05, 4.69) is 10.6 Å². The van der Waals surface area contributed by atoms with E-state index in [1.807, 2.05) is 13.8 Å². The van der Waals surface area contributed by atoms with Gasteiger partial charge in [-0.25, -0.2) is 4.79 Å². The number of fused-ring (bicyclic) bond motifs is 1. The molecule has 1 aliphatic rings. The monoisotopic (exact) mass is 350 g/mol. The number of ether oxygens (including phenoxy) is 3. The molecule has 7 nitrogen and oxygen atoms in total. The molecule has 0 saturated heterocycles. The fourth-order valence-electron chi connectivity index (χ4n) is 2.33. The minimum atomic E-state index is -0.703. The van der Waals surface area contributed by atoms with Crippen molar-refractivity contribution in [2.45, 2.75) is 52.7 Å². The second-order valence-electron chi connectivity index (χ2n) is 7.07. The minimum absolute atomic E-state index is 0.0541. The molecule has 0 bridgehead atoms. The van der Waals surface area contributed by atoms with Crippen LogP contribution in [-0.2, 0) is 9.53 Å². The topological polar surface area (TPSA) is 85.9 Å². The molecule has 0 radical (unpaired) electrons. The zero-order valence-corrected chi connectivity index (χ0v) is 15.3. The Morgan fingerprint density at radius 1 is 1.24 bits per heavy atom. The fraction of sp³-hybridized carbons (Fsp3) is 0.556. The predicted molar refractivity (Wildman–Crippen MR) is 93.8 cm³/mol. The van der Waals surface area contributed by atoms with Gasteiger partial charge in [0, 0.05) is 11.8 Å². The van der Waals surface area contributed by atoms with Crippen molar-refractivity contribution < 1.29 is 23.8 Å². The van der Waals surface area contributed by atoms with Crippen molar-refractivity contribution in [3.8, 4) is 11.5 Å². The van der Waals surface area contributed by atoms with Gasteiger partial charge >= 0.3 is 6.09 Å². The van der Waals surface area contributed by atoms with Crippen LogP contribution < -0.4 is 20.1 Å². The first kappa shape index (κ1) is 18.9. The maximum atomic E-state index is 12.7. The smallest absolute Gasteiger partial charge is 0.408 e. The second kappa shape index (κ2) is 7.63. The number of amides is 2. The maximum absolute atomic E-state index is 12.7. The molecular formula is C18H26N2O5. The molecule has 1 heterocycles. The number of carbonyl (C=O) groups excluding carboxylic acids is 2. The predicted octanol–water partition coefficient (Wildman–Crippen LogP) is 3.29. The number of hydrogen-bond donors (Lipinski definition) is 2. The van der Waals surface area contributed by atoms with Crippen molar-refractivity contribution in [2.75, 3.05) is 12.1 Å². The first-order chi connectivity index (χ1) is 11.7. The molecule has 2 N–H and O–H groups in total. The summed E-state index contributed by atoms with van der Waals surface area (Å²) in [6.07, 6.45) is 0.119. The summed E-state index contributed by atoms with van der Waals surface area (Å²) in [6, 6.07) is 4.45. The summed E-state index contributed by atoms with van der Waals surface area (Å²) in [6.45, 7) is 9.36. The summed E-state index contributed by atoms with van der Waals surface area (Å²) in [5, 5.41) is 5.48. The fourth-order valence-corrected chi connectivity index (χ4v) is 2.33. The standard InChI is InChI=1S/C18H26N2O5/c1-6-11(2)15(20-17(22)25-18(3,4)5)16(21)19-12-7-8-13-14(9-12)24-10-23-13/h7-9,11,15H,6,10H2,1-5H3,(H,19,21)(H,20,22). The number of hydrogen-bond acceptors (Lipinski definition) is 5. The molecule has 2 atom stereocenters. The van der Waals surface area contributed by atoms with E-state index in [4.69, 9.17) is 14.2 Å². The van der Waals surface area contributed by atoms with Gasteiger partial charge < -0.3 is 24.8 Å². The Kier molecular flexibility index (Phi) is 5.77. The summed E-state index contributed by atoms with van der Waals surface area (Å²) < 4.78 is 15.8. The van der Waals surface area contributed by atoms with E-state index in [0.29, 0.717) is 17.2 Å². The lowest BCUT2D eigenvalue weighted by Crippen LogP contribution is -2.49. The highest BCUT2D eigenvalue weighted by Crippen LogP contribution is 2.34. The molecule has 0 aliphatic carbocycles. The number of anilines is 1. The summed E-state index contributed by atoms with van der Waals surface area (Å²) in [4.78, 5) is 24.7. The van der Waals surface area contributed by atoms with Gasteiger partial charge in [-0.2, -0.15) is 0 Å². The van der Waals surface area contributed by atoms with Gasteiger partial charge in [0.05, 0.1) is 0 Å². The van der Waals surface area contributed by atoms with Crippen molar-refractivity contribution in [2.24, 2.45) is 5.92 Å². The zero-order valence-electron chi connectivity index (χ0n) is 15.3. The Balaban J connectivity index is 2.06. The maximum Gasteiger partial charge on any atom is 0.408 e. The van der Waals surface area contributed by atoms with Gasteiger partial charge in [0.2, 0.25) is 12.7 Å². The third kappa shape index (κ3) is 5.27. The third-order valence-electron chi connectivity index (χ3n) is 3.81. The number of carbonyl (C=O) groups is 2. The molecule has 2 amide bonds. The van der Waals surface area contributed by atoms with Crippen molar-refractivity contribution in [1.29, 1.82) is 0 Å². The molecule has 0 fully saturated rings. The zero-order chi connectivity index (χ0) is 18.6. The molecule has 2 unspecified atom stereocenters. The van der Waals surface area contributed by atoms with Crippen LogP contribution in [0.15, 0.2) is 18.2 Å². The lowest BCUT2D eigenvalue weighted by molar-refractivity contribution is -0.119. The highest BCUT2D eigenvalue weighted by Gasteiger charge is 2.28. The van der Waals surface area contributed by atoms with Crippen LogP contribution in [-0.4, -0.2) is 30.4 Å². The Morgan fingerprint density at radius 3 is 2.56 bits per heavy atom. The van der Waals surface area contributed by atoms with Crippen LogP contribution in [0.4, 0.5) is 10.5 Å². The molecule has 1 aliphatic heterocycles. The second-order valence-corrected chi connectivity index (χ2v) is 7.07. The highest BCUT2D eigenvalue weighted by molar-refractivity contribution is 5.97. The van der Waals surface area contributed by atoms with Gasteiger partial charge in [-0.15, -0.1) is 0 Å². The molecule has 2 rings (SSSR count). The molecule has 1 aromatic rings. The average molecular weight is 350 g/mol. The Bertz CT molecular complexity index is 639. The van der Waals surface area contributed by atoms with Crippen LogP contribution in [0.5, 0.6) is 11.5 Å². The van der Waals surface area contributed by atoms with Crippen LogP contribution in [0.25, 0.3) is 0 Å². The summed E-state index contributed by atoms with van der Waals surface area (Å²) in [5.74, 6) is 0.863. The molecule has 0 spiro atoms. The summed E-state index contributed by atoms with van der Waals surface area (Å²) in [7, 11) is 0. The quantitative estimate of drug-likeness (QED) is 0.851. The lowest BCUT2D eigenvalue weighted by Gasteiger charge is -2.26. The highest BCUT2D eigenvalue weighted by atomic mass is 16.7. The SMILES string of the molecule is CCC(C)C(NC(=O)OC(C)(C)C)C(=O)Nc1ccc2c(c1)OCO2. The van der Waals surface area contributed by atoms with Crippen molar-refractivity contribution in [3.63, 3.8) is 0 Å². The molecule has 1 aromatic carbocycles. The molecular weight excluding hydrogens is 324 g/mol. The number of nitrogens with one attached hydrogen (secondary N) is 2. The van der Waals surface area contributed by atoms with E-state index in [9.17, 15) is 9.59 Å². The van der Waals surface area contributed by atoms with E-state index in [-0.39, 0.29) is 18.6 Å².